The number of carbonyl (C=O) groups excluding carboxylic acids is 1. The number of nitrogens with zero attached hydrogens (tertiary/aromatic N) is 1. The van der Waals surface area contributed by atoms with E-state index in [9.17, 15) is 26.7 Å². The van der Waals surface area contributed by atoms with Crippen LogP contribution in [0, 0.1) is 6.92 Å². The molecule has 0 radical (unpaired) electrons. The maximum absolute atomic E-state index is 12.8. The highest BCUT2D eigenvalue weighted by Crippen LogP contribution is 2.37. The molecule has 1 rings (SSSR count). The minimum Gasteiger partial charge on any atom is -0.335 e. The number of aryl methyl sites for hydroxylation is 1. The van der Waals surface area contributed by atoms with Crippen molar-refractivity contribution >= 4 is 17.2 Å². The van der Waals surface area contributed by atoms with Crippen molar-refractivity contribution in [2.24, 2.45) is 0 Å². The molecule has 102 valence electrons. The molecule has 18 heavy (non-hydrogen) atoms. The van der Waals surface area contributed by atoms with Crippen LogP contribution in [0.5, 0.6) is 0 Å². The molecule has 0 unspecified atom stereocenters. The van der Waals surface area contributed by atoms with Gasteiger partial charge in [-0.15, -0.1) is 11.3 Å². The fourth-order valence-corrected chi connectivity index (χ4v) is 2.17. The molecular weight excluding hydrogens is 277 g/mol. The Morgan fingerprint density at radius 3 is 2.28 bits per heavy atom. The number of hydrogen-bond donors (Lipinski definition) is 0. The summed E-state index contributed by atoms with van der Waals surface area (Å²) in [6.45, 7) is 1.42. The largest absolute Gasteiger partial charge is 0.463 e. The average Bonchev–Trinajstić information content (AvgIpc) is 2.61. The van der Waals surface area contributed by atoms with E-state index >= 15 is 0 Å². The van der Waals surface area contributed by atoms with Crippen LogP contribution < -0.4 is 0 Å². The van der Waals surface area contributed by atoms with E-state index < -0.39 is 18.0 Å². The third kappa shape index (κ3) is 2.80. The van der Waals surface area contributed by atoms with Crippen LogP contribution in [0.1, 0.15) is 10.4 Å². The molecule has 1 heterocycles. The smallest absolute Gasteiger partial charge is 0.335 e. The highest BCUT2D eigenvalue weighted by atomic mass is 32.1. The zero-order chi connectivity index (χ0) is 14.1. The fraction of sp³-hybridized carbons (Fsp3) is 0.500. The summed E-state index contributed by atoms with van der Waals surface area (Å²) >= 11 is 1.19. The Morgan fingerprint density at radius 1 is 1.33 bits per heavy atom. The molecule has 0 aliphatic rings. The molecule has 0 aromatic carbocycles. The summed E-state index contributed by atoms with van der Waals surface area (Å²) in [5.74, 6) is -7.60. The van der Waals surface area contributed by atoms with Crippen molar-refractivity contribution in [3.05, 3.63) is 21.9 Å². The molecule has 0 aliphatic carbocycles. The predicted molar refractivity (Wildman–Crippen MR) is 56.5 cm³/mol. The number of carbonyl (C=O) groups is 1. The van der Waals surface area contributed by atoms with Crippen molar-refractivity contribution in [3.8, 4) is 0 Å². The first-order valence-electron chi connectivity index (χ1n) is 4.80. The van der Waals surface area contributed by atoms with Crippen LogP contribution in [0.4, 0.5) is 22.0 Å². The Hall–Kier alpha value is -1.18. The van der Waals surface area contributed by atoms with Crippen LogP contribution in [0.15, 0.2) is 11.4 Å². The third-order valence-corrected chi connectivity index (χ3v) is 3.33. The molecule has 0 aliphatic heterocycles. The highest BCUT2D eigenvalue weighted by Gasteiger charge is 2.64. The highest BCUT2D eigenvalue weighted by molar-refractivity contribution is 7.10. The first kappa shape index (κ1) is 14.9. The average molecular weight is 287 g/mol. The number of halogens is 5. The summed E-state index contributed by atoms with van der Waals surface area (Å²) in [7, 11) is 0.918. The van der Waals surface area contributed by atoms with Crippen LogP contribution in [0.25, 0.3) is 0 Å². The summed E-state index contributed by atoms with van der Waals surface area (Å²) in [5, 5.41) is 1.67. The summed E-state index contributed by atoms with van der Waals surface area (Å²) in [6.07, 6.45) is -5.87. The quantitative estimate of drug-likeness (QED) is 0.782. The standard InChI is InChI=1S/C10H10F5NOS/c1-6-3-4-18-7(6)5-16(2)8(17)9(11,12)10(13,14)15/h3-4H,5H2,1-2H3. The SMILES string of the molecule is Cc1ccsc1CN(C)C(=O)C(F)(F)C(F)(F)F. The molecule has 1 amide bonds. The van der Waals surface area contributed by atoms with E-state index in [1.165, 1.54) is 11.3 Å². The lowest BCUT2D eigenvalue weighted by Gasteiger charge is -2.24. The lowest BCUT2D eigenvalue weighted by molar-refractivity contribution is -0.274. The van der Waals surface area contributed by atoms with Crippen molar-refractivity contribution < 1.29 is 26.7 Å². The Labute approximate surface area is 104 Å². The van der Waals surface area contributed by atoms with Crippen LogP contribution in [0.2, 0.25) is 0 Å². The second-order valence-electron chi connectivity index (χ2n) is 3.76. The van der Waals surface area contributed by atoms with E-state index in [-0.39, 0.29) is 6.54 Å². The molecule has 1 aromatic heterocycles. The molecule has 0 spiro atoms. The summed E-state index contributed by atoms with van der Waals surface area (Å²) in [5.41, 5.74) is 0.745. The third-order valence-electron chi connectivity index (χ3n) is 2.32. The van der Waals surface area contributed by atoms with E-state index in [1.807, 2.05) is 0 Å². The normalized spacial score (nSPS) is 12.6. The minimum absolute atomic E-state index is 0.270. The van der Waals surface area contributed by atoms with Gasteiger partial charge in [-0.1, -0.05) is 0 Å². The lowest BCUT2D eigenvalue weighted by Crippen LogP contribution is -2.50. The van der Waals surface area contributed by atoms with Crippen molar-refractivity contribution in [3.63, 3.8) is 0 Å². The van der Waals surface area contributed by atoms with Gasteiger partial charge in [0.05, 0.1) is 6.54 Å². The van der Waals surface area contributed by atoms with Gasteiger partial charge in [0, 0.05) is 11.9 Å². The fourth-order valence-electron chi connectivity index (χ4n) is 1.21. The maximum atomic E-state index is 12.8. The Balaban J connectivity index is 2.83. The Kier molecular flexibility index (Phi) is 3.99. The van der Waals surface area contributed by atoms with Gasteiger partial charge in [0.2, 0.25) is 0 Å². The van der Waals surface area contributed by atoms with Gasteiger partial charge in [0.25, 0.3) is 0 Å². The van der Waals surface area contributed by atoms with Gasteiger partial charge < -0.3 is 4.90 Å². The second kappa shape index (κ2) is 4.83. The van der Waals surface area contributed by atoms with Crippen LogP contribution >= 0.6 is 11.3 Å². The van der Waals surface area contributed by atoms with Crippen molar-refractivity contribution in [2.75, 3.05) is 7.05 Å². The van der Waals surface area contributed by atoms with Crippen molar-refractivity contribution in [2.45, 2.75) is 25.6 Å². The van der Waals surface area contributed by atoms with Crippen LogP contribution in [0.3, 0.4) is 0 Å². The molecule has 0 saturated heterocycles. The van der Waals surface area contributed by atoms with Gasteiger partial charge in [0.15, 0.2) is 0 Å². The Morgan fingerprint density at radius 2 is 1.89 bits per heavy atom. The lowest BCUT2D eigenvalue weighted by atomic mass is 10.2. The number of rotatable bonds is 3. The molecule has 8 heteroatoms. The number of hydrogen-bond acceptors (Lipinski definition) is 2. The molecule has 2 nitrogen and oxygen atoms in total. The van der Waals surface area contributed by atoms with Crippen LogP contribution in [-0.4, -0.2) is 30.0 Å². The van der Waals surface area contributed by atoms with Gasteiger partial charge in [-0.25, -0.2) is 0 Å². The first-order chi connectivity index (χ1) is 8.07. The van der Waals surface area contributed by atoms with E-state index in [1.54, 1.807) is 18.4 Å². The van der Waals surface area contributed by atoms with Crippen molar-refractivity contribution in [1.29, 1.82) is 0 Å². The number of alkyl halides is 5. The first-order valence-corrected chi connectivity index (χ1v) is 5.68. The molecule has 0 fully saturated rings. The molecule has 0 N–H and O–H groups in total. The minimum atomic E-state index is -5.87. The molecule has 0 atom stereocenters. The molecular formula is C10H10F5NOS. The van der Waals surface area contributed by atoms with Gasteiger partial charge >= 0.3 is 18.0 Å². The summed E-state index contributed by atoms with van der Waals surface area (Å²) in [4.78, 5) is 12.1. The molecule has 1 aromatic rings. The van der Waals surface area contributed by atoms with Gasteiger partial charge in [-0.2, -0.15) is 22.0 Å². The summed E-state index contributed by atoms with van der Waals surface area (Å²) < 4.78 is 61.6. The topological polar surface area (TPSA) is 20.3 Å². The zero-order valence-electron chi connectivity index (χ0n) is 9.52. The maximum Gasteiger partial charge on any atom is 0.463 e. The summed E-state index contributed by atoms with van der Waals surface area (Å²) in [6, 6.07) is 1.69. The number of thiophene rings is 1. The predicted octanol–water partition coefficient (Wildman–Crippen LogP) is 3.21. The van der Waals surface area contributed by atoms with Crippen LogP contribution in [-0.2, 0) is 11.3 Å². The Bertz CT molecular complexity index is 440. The number of amides is 1. The van der Waals surface area contributed by atoms with Gasteiger partial charge in [0.1, 0.15) is 0 Å². The molecule has 0 saturated carbocycles. The van der Waals surface area contributed by atoms with E-state index in [2.05, 4.69) is 0 Å². The van der Waals surface area contributed by atoms with Crippen molar-refractivity contribution in [1.82, 2.24) is 4.90 Å². The van der Waals surface area contributed by atoms with Gasteiger partial charge in [-0.05, 0) is 23.9 Å². The van der Waals surface area contributed by atoms with E-state index in [0.29, 0.717) is 9.78 Å². The van der Waals surface area contributed by atoms with E-state index in [4.69, 9.17) is 0 Å². The second-order valence-corrected chi connectivity index (χ2v) is 4.76. The van der Waals surface area contributed by atoms with E-state index in [0.717, 1.165) is 12.6 Å². The monoisotopic (exact) mass is 287 g/mol. The zero-order valence-corrected chi connectivity index (χ0v) is 10.3. The van der Waals surface area contributed by atoms with Gasteiger partial charge in [-0.3, -0.25) is 4.79 Å². The molecule has 0 bridgehead atoms.